The van der Waals surface area contributed by atoms with Crippen LogP contribution in [0.2, 0.25) is 0 Å². The van der Waals surface area contributed by atoms with Crippen LogP contribution in [-0.4, -0.2) is 59.0 Å². The van der Waals surface area contributed by atoms with Crippen LogP contribution < -0.4 is 5.32 Å². The van der Waals surface area contributed by atoms with Gasteiger partial charge in [-0.1, -0.05) is 20.8 Å². The minimum atomic E-state index is -0.949. The zero-order valence-electron chi connectivity index (χ0n) is 19.0. The molecular formula is C20H40N2O5S. The molecule has 0 bridgehead atoms. The maximum absolute atomic E-state index is 12.0. The number of esters is 1. The van der Waals surface area contributed by atoms with Crippen LogP contribution in [0.3, 0.4) is 0 Å². The minimum absolute atomic E-state index is 0.0445. The normalized spacial score (nSPS) is 12.5. The lowest BCUT2D eigenvalue weighted by molar-refractivity contribution is -0.157. The van der Waals surface area contributed by atoms with E-state index in [1.54, 1.807) is 41.5 Å². The van der Waals surface area contributed by atoms with Crippen LogP contribution >= 0.6 is 12.6 Å². The number of carbonyl (C=O) groups excluding carboxylic acids is 3. The van der Waals surface area contributed by atoms with Gasteiger partial charge in [0.15, 0.2) is 5.12 Å². The summed E-state index contributed by atoms with van der Waals surface area (Å²) < 4.78 is 10.3. The molecule has 0 saturated carbocycles. The molecule has 1 amide bonds. The van der Waals surface area contributed by atoms with Crippen LogP contribution in [0.1, 0.15) is 75.2 Å². The highest BCUT2D eigenvalue weighted by Gasteiger charge is 2.28. The monoisotopic (exact) mass is 420 g/mol. The molecule has 0 aromatic rings. The molecule has 0 aliphatic heterocycles. The Labute approximate surface area is 176 Å². The number of hydrogen-bond donors (Lipinski definition) is 2. The van der Waals surface area contributed by atoms with E-state index in [-0.39, 0.29) is 18.0 Å². The fourth-order valence-electron chi connectivity index (χ4n) is 2.01. The summed E-state index contributed by atoms with van der Waals surface area (Å²) >= 11 is 3.65. The number of hydrogen-bond acceptors (Lipinski definition) is 6. The number of carbonyl (C=O) groups is 3. The van der Waals surface area contributed by atoms with Gasteiger partial charge in [-0.3, -0.25) is 4.79 Å². The molecule has 0 aromatic heterocycles. The number of nitrogens with zero attached hydrogens (tertiary/aromatic N) is 1. The maximum atomic E-state index is 12.0. The molecule has 7 nitrogen and oxygen atoms in total. The molecule has 0 aliphatic carbocycles. The summed E-state index contributed by atoms with van der Waals surface area (Å²) in [7, 11) is 0. The molecule has 8 heteroatoms. The average Bonchev–Trinajstić information content (AvgIpc) is 2.50. The van der Waals surface area contributed by atoms with Crippen molar-refractivity contribution in [2.45, 2.75) is 92.4 Å². The van der Waals surface area contributed by atoms with E-state index >= 15 is 0 Å². The summed E-state index contributed by atoms with van der Waals surface area (Å²) in [6, 6.07) is -0.949. The summed E-state index contributed by atoms with van der Waals surface area (Å²) in [4.78, 5) is 37.1. The van der Waals surface area contributed by atoms with Crippen molar-refractivity contribution in [2.75, 3.05) is 19.6 Å². The van der Waals surface area contributed by atoms with Crippen molar-refractivity contribution >= 4 is 29.8 Å². The van der Waals surface area contributed by atoms with Crippen LogP contribution in [-0.2, 0) is 19.1 Å². The van der Waals surface area contributed by atoms with E-state index in [1.807, 2.05) is 0 Å². The van der Waals surface area contributed by atoms with Gasteiger partial charge in [0.25, 0.3) is 0 Å². The maximum Gasteiger partial charge on any atom is 0.408 e. The molecule has 1 atom stereocenters. The molecule has 166 valence electrons. The largest absolute Gasteiger partial charge is 0.458 e. The lowest BCUT2D eigenvalue weighted by Crippen LogP contribution is -2.46. The number of alkyl carbamates (subject to hydrolysis) is 1. The number of ether oxygens (including phenoxy) is 2. The smallest absolute Gasteiger partial charge is 0.408 e. The second kappa shape index (κ2) is 13.8. The molecule has 0 saturated heterocycles. The van der Waals surface area contributed by atoms with E-state index in [4.69, 9.17) is 9.47 Å². The van der Waals surface area contributed by atoms with E-state index in [1.165, 1.54) is 19.6 Å². The molecule has 0 aromatic carbocycles. The van der Waals surface area contributed by atoms with E-state index < -0.39 is 29.3 Å². The molecule has 28 heavy (non-hydrogen) atoms. The molecule has 0 aliphatic rings. The first-order valence-electron chi connectivity index (χ1n) is 9.81. The Morgan fingerprint density at radius 1 is 0.893 bits per heavy atom. The first-order chi connectivity index (χ1) is 12.6. The Morgan fingerprint density at radius 2 is 1.32 bits per heavy atom. The summed E-state index contributed by atoms with van der Waals surface area (Å²) in [5.74, 6) is -0.608. The van der Waals surface area contributed by atoms with Gasteiger partial charge in [-0.05, 0) is 67.6 Å². The summed E-state index contributed by atoms with van der Waals surface area (Å²) in [5, 5.41) is 2.06. The van der Waals surface area contributed by atoms with Gasteiger partial charge in [-0.15, -0.1) is 12.6 Å². The molecule has 0 radical (unpaired) electrons. The van der Waals surface area contributed by atoms with Crippen molar-refractivity contribution in [3.05, 3.63) is 0 Å². The van der Waals surface area contributed by atoms with Gasteiger partial charge >= 0.3 is 12.1 Å². The van der Waals surface area contributed by atoms with Gasteiger partial charge in [-0.25, -0.2) is 9.59 Å². The Morgan fingerprint density at radius 3 is 1.61 bits per heavy atom. The van der Waals surface area contributed by atoms with E-state index in [2.05, 4.69) is 43.6 Å². The van der Waals surface area contributed by atoms with Crippen LogP contribution in [0.5, 0.6) is 0 Å². The van der Waals surface area contributed by atoms with Crippen molar-refractivity contribution in [3.63, 3.8) is 0 Å². The zero-order valence-corrected chi connectivity index (χ0v) is 19.9. The molecular weight excluding hydrogens is 380 g/mol. The Balaban J connectivity index is 0. The van der Waals surface area contributed by atoms with Crippen LogP contribution in [0.25, 0.3) is 0 Å². The first-order valence-corrected chi connectivity index (χ1v) is 10.3. The lowest BCUT2D eigenvalue weighted by atomic mass is 10.1. The minimum Gasteiger partial charge on any atom is -0.458 e. The van der Waals surface area contributed by atoms with Crippen molar-refractivity contribution in [1.29, 1.82) is 0 Å². The third-order valence-electron chi connectivity index (χ3n) is 3.37. The van der Waals surface area contributed by atoms with Crippen molar-refractivity contribution < 1.29 is 23.9 Å². The van der Waals surface area contributed by atoms with Crippen LogP contribution in [0.4, 0.5) is 4.79 Å². The number of rotatable bonds is 8. The highest BCUT2D eigenvalue weighted by molar-refractivity contribution is 7.96. The average molecular weight is 421 g/mol. The quantitative estimate of drug-likeness (QED) is 0.459. The van der Waals surface area contributed by atoms with Gasteiger partial charge in [0.05, 0.1) is 0 Å². The fourth-order valence-corrected chi connectivity index (χ4v) is 2.14. The molecule has 0 spiro atoms. The second-order valence-electron chi connectivity index (χ2n) is 8.28. The van der Waals surface area contributed by atoms with E-state index in [9.17, 15) is 14.4 Å². The second-order valence-corrected chi connectivity index (χ2v) is 8.78. The predicted molar refractivity (Wildman–Crippen MR) is 116 cm³/mol. The van der Waals surface area contributed by atoms with Gasteiger partial charge in [0.1, 0.15) is 17.2 Å². The molecule has 0 heterocycles. The summed E-state index contributed by atoms with van der Waals surface area (Å²) in [5.41, 5.74) is -1.36. The van der Waals surface area contributed by atoms with Crippen molar-refractivity contribution in [3.8, 4) is 0 Å². The summed E-state index contributed by atoms with van der Waals surface area (Å²) in [6.45, 7) is 20.4. The molecule has 0 fully saturated rings. The van der Waals surface area contributed by atoms with Crippen LogP contribution in [0, 0.1) is 0 Å². The Hall–Kier alpha value is -1.28. The Bertz CT molecular complexity index is 474. The SMILES string of the molecule is CC(C)(C)OC(=O)N[C@@H](CCC(=O)S)C(=O)OC(C)(C)C.CCN(CC)CC. The zero-order chi connectivity index (χ0) is 22.5. The van der Waals surface area contributed by atoms with Gasteiger partial charge in [0, 0.05) is 6.42 Å². The molecule has 0 unspecified atom stereocenters. The molecule has 1 N–H and O–H groups in total. The topological polar surface area (TPSA) is 84.9 Å². The van der Waals surface area contributed by atoms with Gasteiger partial charge in [0.2, 0.25) is 0 Å². The number of amides is 1. The number of thiol groups is 1. The molecule has 0 rings (SSSR count). The van der Waals surface area contributed by atoms with Crippen LogP contribution in [0.15, 0.2) is 0 Å². The highest BCUT2D eigenvalue weighted by Crippen LogP contribution is 2.13. The van der Waals surface area contributed by atoms with E-state index in [0.29, 0.717) is 0 Å². The first kappa shape index (κ1) is 28.9. The Kier molecular flexibility index (Phi) is 14.3. The third-order valence-corrected chi connectivity index (χ3v) is 3.59. The van der Waals surface area contributed by atoms with Crippen molar-refractivity contribution in [2.24, 2.45) is 0 Å². The lowest BCUT2D eigenvalue weighted by Gasteiger charge is -2.26. The third kappa shape index (κ3) is 18.1. The van der Waals surface area contributed by atoms with Gasteiger partial charge < -0.3 is 19.7 Å². The summed E-state index contributed by atoms with van der Waals surface area (Å²) in [6.07, 6.45) is -0.579. The van der Waals surface area contributed by atoms with Gasteiger partial charge in [-0.2, -0.15) is 0 Å². The predicted octanol–water partition coefficient (Wildman–Crippen LogP) is 3.81. The fraction of sp³-hybridized carbons (Fsp3) is 0.850. The van der Waals surface area contributed by atoms with Crippen molar-refractivity contribution in [1.82, 2.24) is 10.2 Å². The van der Waals surface area contributed by atoms with E-state index in [0.717, 1.165) is 0 Å². The number of nitrogens with one attached hydrogen (secondary N) is 1. The standard InChI is InChI=1S/C14H25NO5S.C6H15N/c1-13(2,3)19-11(17)9(7-8-10(16)21)15-12(18)20-14(4,5)6;1-4-7(5-2)6-3/h9H,7-8H2,1-6H3,(H,15,18)(H,16,21);4-6H2,1-3H3/t9-;/m0./s1. The highest BCUT2D eigenvalue weighted by atomic mass is 32.1.